The third-order valence-corrected chi connectivity index (χ3v) is 6.85. The number of methoxy groups -OCH3 is 1. The van der Waals surface area contributed by atoms with Crippen LogP contribution in [0.2, 0.25) is 0 Å². The molecule has 0 atom stereocenters. The number of unbranched alkanes of at least 4 members (excludes halogenated alkanes) is 13. The molecule has 1 heterocycles. The largest absolute Gasteiger partial charge is 0.468 e. The number of hydrogen-bond acceptors (Lipinski definition) is 4. The number of benzene rings is 1. The Balaban J connectivity index is 1.59. The zero-order chi connectivity index (χ0) is 22.2. The second-order valence-corrected chi connectivity index (χ2v) is 9.44. The fraction of sp³-hybridized carbons (Fsp3) is 0.692. The van der Waals surface area contributed by atoms with Crippen molar-refractivity contribution in [3.05, 3.63) is 24.3 Å². The first-order valence-corrected chi connectivity index (χ1v) is 13.4. The molecule has 31 heavy (non-hydrogen) atoms. The van der Waals surface area contributed by atoms with Gasteiger partial charge in [0.1, 0.15) is 0 Å². The van der Waals surface area contributed by atoms with Crippen LogP contribution in [0.3, 0.4) is 0 Å². The molecule has 0 N–H and O–H groups in total. The molecule has 5 heteroatoms. The molecule has 2 rings (SSSR count). The van der Waals surface area contributed by atoms with E-state index in [0.29, 0.717) is 5.75 Å². The van der Waals surface area contributed by atoms with Crippen LogP contribution in [-0.4, -0.2) is 28.4 Å². The summed E-state index contributed by atoms with van der Waals surface area (Å²) in [6.07, 6.45) is 19.2. The van der Waals surface area contributed by atoms with E-state index in [1.165, 1.54) is 102 Å². The highest BCUT2D eigenvalue weighted by Crippen LogP contribution is 2.25. The summed E-state index contributed by atoms with van der Waals surface area (Å²) in [7, 11) is 1.43. The number of ether oxygens (including phenoxy) is 1. The number of para-hydroxylation sites is 2. The monoisotopic (exact) mass is 446 g/mol. The van der Waals surface area contributed by atoms with E-state index in [-0.39, 0.29) is 5.97 Å². The van der Waals surface area contributed by atoms with Crippen LogP contribution in [-0.2, 0) is 16.1 Å². The number of fused-ring (bicyclic) bond motifs is 1. The first kappa shape index (κ1) is 25.8. The van der Waals surface area contributed by atoms with Crippen molar-refractivity contribution in [1.82, 2.24) is 9.55 Å². The van der Waals surface area contributed by atoms with Gasteiger partial charge in [-0.2, -0.15) is 0 Å². The molecule has 0 aliphatic rings. The second-order valence-electron chi connectivity index (χ2n) is 8.50. The normalized spacial score (nSPS) is 11.3. The van der Waals surface area contributed by atoms with E-state index < -0.39 is 0 Å². The zero-order valence-corrected chi connectivity index (χ0v) is 20.6. The summed E-state index contributed by atoms with van der Waals surface area (Å²) in [6, 6.07) is 8.23. The third kappa shape index (κ3) is 10.1. The molecule has 0 bridgehead atoms. The van der Waals surface area contributed by atoms with Crippen LogP contribution >= 0.6 is 11.8 Å². The number of aryl methyl sites for hydroxylation is 1. The fourth-order valence-corrected chi connectivity index (χ4v) is 4.90. The van der Waals surface area contributed by atoms with Crippen molar-refractivity contribution in [2.75, 3.05) is 12.9 Å². The van der Waals surface area contributed by atoms with Gasteiger partial charge in [-0.1, -0.05) is 114 Å². The summed E-state index contributed by atoms with van der Waals surface area (Å²) in [6.45, 7) is 3.24. The highest BCUT2D eigenvalue weighted by Gasteiger charge is 2.12. The molecule has 0 aliphatic heterocycles. The molecule has 0 saturated carbocycles. The van der Waals surface area contributed by atoms with Gasteiger partial charge in [0.25, 0.3) is 0 Å². The second kappa shape index (κ2) is 16.2. The first-order valence-electron chi connectivity index (χ1n) is 12.4. The maximum absolute atomic E-state index is 11.5. The van der Waals surface area contributed by atoms with E-state index in [2.05, 4.69) is 23.6 Å². The number of nitrogens with zero attached hydrogens (tertiary/aromatic N) is 2. The molecular formula is C26H42N2O2S. The lowest BCUT2D eigenvalue weighted by Crippen LogP contribution is -2.06. The van der Waals surface area contributed by atoms with Crippen molar-refractivity contribution in [1.29, 1.82) is 0 Å². The summed E-state index contributed by atoms with van der Waals surface area (Å²) in [4.78, 5) is 16.3. The van der Waals surface area contributed by atoms with Crippen LogP contribution in [0, 0.1) is 0 Å². The van der Waals surface area contributed by atoms with Gasteiger partial charge in [0.2, 0.25) is 0 Å². The SMILES string of the molecule is CCCCCCCCCCCCCCCCn1c(SCC(=O)OC)nc2ccccc21. The number of imidazole rings is 1. The number of thioether (sulfide) groups is 1. The Kier molecular flexibility index (Phi) is 13.5. The standard InChI is InChI=1S/C26H42N2O2S/c1-3-4-5-6-7-8-9-10-11-12-13-14-15-18-21-28-24-20-17-16-19-23(24)27-26(28)31-22-25(29)30-2/h16-17,19-20H,3-15,18,21-22H2,1-2H3. The summed E-state index contributed by atoms with van der Waals surface area (Å²) in [5, 5.41) is 0.918. The molecule has 1 aromatic heterocycles. The maximum atomic E-state index is 11.5. The minimum absolute atomic E-state index is 0.208. The van der Waals surface area contributed by atoms with Crippen molar-refractivity contribution in [3.8, 4) is 0 Å². The Bertz CT molecular complexity index is 744. The van der Waals surface area contributed by atoms with Gasteiger partial charge in [-0.25, -0.2) is 4.98 Å². The Hall–Kier alpha value is -1.49. The summed E-state index contributed by atoms with van der Waals surface area (Å²) in [5.41, 5.74) is 2.16. The highest BCUT2D eigenvalue weighted by atomic mass is 32.2. The van der Waals surface area contributed by atoms with E-state index in [0.717, 1.165) is 29.2 Å². The molecule has 0 spiro atoms. The Morgan fingerprint density at radius 1 is 0.871 bits per heavy atom. The number of carbonyl (C=O) groups excluding carboxylic acids is 1. The highest BCUT2D eigenvalue weighted by molar-refractivity contribution is 7.99. The van der Waals surface area contributed by atoms with Gasteiger partial charge in [0.05, 0.1) is 23.9 Å². The van der Waals surface area contributed by atoms with Gasteiger partial charge in [0, 0.05) is 6.54 Å². The molecule has 0 amide bonds. The van der Waals surface area contributed by atoms with Crippen LogP contribution in [0.15, 0.2) is 29.4 Å². The van der Waals surface area contributed by atoms with Gasteiger partial charge >= 0.3 is 5.97 Å². The Labute approximate surface area is 193 Å². The molecule has 0 unspecified atom stereocenters. The van der Waals surface area contributed by atoms with Crippen LogP contribution in [0.5, 0.6) is 0 Å². The minimum atomic E-state index is -0.208. The van der Waals surface area contributed by atoms with E-state index in [4.69, 9.17) is 9.72 Å². The van der Waals surface area contributed by atoms with E-state index in [1.807, 2.05) is 12.1 Å². The van der Waals surface area contributed by atoms with E-state index in [1.54, 1.807) is 0 Å². The lowest BCUT2D eigenvalue weighted by Gasteiger charge is -2.09. The number of hydrogen-bond donors (Lipinski definition) is 0. The maximum Gasteiger partial charge on any atom is 0.316 e. The molecule has 0 saturated heterocycles. The number of aromatic nitrogens is 2. The molecule has 2 aromatic rings. The molecular weight excluding hydrogens is 404 g/mol. The third-order valence-electron chi connectivity index (χ3n) is 5.90. The summed E-state index contributed by atoms with van der Waals surface area (Å²) < 4.78 is 7.04. The van der Waals surface area contributed by atoms with E-state index in [9.17, 15) is 4.79 Å². The minimum Gasteiger partial charge on any atom is -0.468 e. The summed E-state index contributed by atoms with van der Waals surface area (Å²) >= 11 is 1.47. The van der Waals surface area contributed by atoms with Crippen molar-refractivity contribution in [2.45, 2.75) is 109 Å². The van der Waals surface area contributed by atoms with Crippen molar-refractivity contribution in [2.24, 2.45) is 0 Å². The summed E-state index contributed by atoms with van der Waals surface area (Å²) in [5.74, 6) is 0.0959. The average molecular weight is 447 g/mol. The topological polar surface area (TPSA) is 44.1 Å². The number of esters is 1. The molecule has 0 aliphatic carbocycles. The zero-order valence-electron chi connectivity index (χ0n) is 19.7. The predicted octanol–water partition coefficient (Wildman–Crippen LogP) is 7.78. The number of carbonyl (C=O) groups is 1. The van der Waals surface area contributed by atoms with Crippen molar-refractivity contribution < 1.29 is 9.53 Å². The molecule has 0 radical (unpaired) electrons. The first-order chi connectivity index (χ1) is 15.3. The Morgan fingerprint density at radius 2 is 1.42 bits per heavy atom. The lowest BCUT2D eigenvalue weighted by molar-refractivity contribution is -0.137. The van der Waals surface area contributed by atoms with Gasteiger partial charge in [-0.05, 0) is 18.6 Å². The van der Waals surface area contributed by atoms with Crippen molar-refractivity contribution >= 4 is 28.8 Å². The average Bonchev–Trinajstić information content (AvgIpc) is 3.15. The van der Waals surface area contributed by atoms with Gasteiger partial charge in [-0.3, -0.25) is 4.79 Å². The van der Waals surface area contributed by atoms with Gasteiger partial charge in [0.15, 0.2) is 5.16 Å². The predicted molar refractivity (Wildman–Crippen MR) is 133 cm³/mol. The smallest absolute Gasteiger partial charge is 0.316 e. The molecule has 174 valence electrons. The van der Waals surface area contributed by atoms with Crippen LogP contribution in [0.25, 0.3) is 11.0 Å². The number of rotatable bonds is 18. The van der Waals surface area contributed by atoms with Crippen molar-refractivity contribution in [3.63, 3.8) is 0 Å². The molecule has 4 nitrogen and oxygen atoms in total. The molecule has 1 aromatic carbocycles. The van der Waals surface area contributed by atoms with Gasteiger partial charge in [-0.15, -0.1) is 0 Å². The van der Waals surface area contributed by atoms with Crippen LogP contribution < -0.4 is 0 Å². The van der Waals surface area contributed by atoms with Crippen LogP contribution in [0.4, 0.5) is 0 Å². The van der Waals surface area contributed by atoms with Gasteiger partial charge < -0.3 is 9.30 Å². The quantitative estimate of drug-likeness (QED) is 0.133. The van der Waals surface area contributed by atoms with E-state index >= 15 is 0 Å². The Morgan fingerprint density at radius 3 is 2.00 bits per heavy atom. The molecule has 0 fully saturated rings. The fourth-order valence-electron chi connectivity index (χ4n) is 4.03. The lowest BCUT2D eigenvalue weighted by atomic mass is 10.0. The van der Waals surface area contributed by atoms with Crippen LogP contribution in [0.1, 0.15) is 96.8 Å².